The van der Waals surface area contributed by atoms with Crippen LogP contribution in [0.1, 0.15) is 47.0 Å². The van der Waals surface area contributed by atoms with E-state index in [-0.39, 0.29) is 17.4 Å². The van der Waals surface area contributed by atoms with E-state index in [2.05, 4.69) is 31.0 Å². The van der Waals surface area contributed by atoms with E-state index in [0.29, 0.717) is 19.0 Å². The van der Waals surface area contributed by atoms with Crippen LogP contribution in [0.3, 0.4) is 0 Å². The summed E-state index contributed by atoms with van der Waals surface area (Å²) < 4.78 is 0. The molecule has 1 aliphatic heterocycles. The van der Waals surface area contributed by atoms with Crippen molar-refractivity contribution in [1.82, 2.24) is 10.2 Å². The Hall–Kier alpha value is -0.610. The van der Waals surface area contributed by atoms with Crippen LogP contribution in [0, 0.1) is 5.92 Å². The van der Waals surface area contributed by atoms with Crippen LogP contribution >= 0.6 is 0 Å². The van der Waals surface area contributed by atoms with Crippen molar-refractivity contribution in [3.63, 3.8) is 0 Å². The third-order valence-electron chi connectivity index (χ3n) is 3.74. The van der Waals surface area contributed by atoms with Crippen molar-refractivity contribution in [2.45, 2.75) is 58.5 Å². The van der Waals surface area contributed by atoms with E-state index in [1.165, 1.54) is 0 Å². The molecule has 1 aliphatic rings. The normalized spacial score (nSPS) is 20.7. The summed E-state index contributed by atoms with van der Waals surface area (Å²) in [6.07, 6.45) is 2.66. The van der Waals surface area contributed by atoms with E-state index in [9.17, 15) is 4.79 Å². The van der Waals surface area contributed by atoms with Gasteiger partial charge < -0.3 is 11.1 Å². The molecule has 0 radical (unpaired) electrons. The molecule has 0 aliphatic carbocycles. The topological polar surface area (TPSA) is 58.4 Å². The molecule has 1 saturated heterocycles. The molecule has 4 nitrogen and oxygen atoms in total. The highest BCUT2D eigenvalue weighted by atomic mass is 16.1. The minimum absolute atomic E-state index is 0.155. The highest BCUT2D eigenvalue weighted by Crippen LogP contribution is 2.20. The zero-order chi connectivity index (χ0) is 13.8. The van der Waals surface area contributed by atoms with Crippen molar-refractivity contribution in [3.8, 4) is 0 Å². The Bertz CT molecular complexity index is 265. The fourth-order valence-electron chi connectivity index (χ4n) is 2.38. The number of hydrogen-bond donors (Lipinski definition) is 2. The van der Waals surface area contributed by atoms with E-state index in [1.54, 1.807) is 0 Å². The van der Waals surface area contributed by atoms with E-state index >= 15 is 0 Å². The Kier molecular flexibility index (Phi) is 5.60. The van der Waals surface area contributed by atoms with Crippen molar-refractivity contribution in [2.75, 3.05) is 19.6 Å². The Morgan fingerprint density at radius 2 is 1.94 bits per heavy atom. The summed E-state index contributed by atoms with van der Waals surface area (Å²) in [5.41, 5.74) is 5.77. The molecule has 0 bridgehead atoms. The van der Waals surface area contributed by atoms with Gasteiger partial charge in [0.25, 0.3) is 0 Å². The SMILES string of the molecule is CC(CN)CC(=O)NC1CCN(C(C)(C)C)CC1. The maximum atomic E-state index is 11.8. The molecule has 0 aromatic heterocycles. The van der Waals surface area contributed by atoms with Crippen molar-refractivity contribution in [3.05, 3.63) is 0 Å². The fourth-order valence-corrected chi connectivity index (χ4v) is 2.38. The van der Waals surface area contributed by atoms with Crippen molar-refractivity contribution < 1.29 is 4.79 Å². The molecule has 1 rings (SSSR count). The molecule has 18 heavy (non-hydrogen) atoms. The van der Waals surface area contributed by atoms with Crippen LogP contribution in [0.2, 0.25) is 0 Å². The summed E-state index contributed by atoms with van der Waals surface area (Å²) in [6.45, 7) is 11.5. The van der Waals surface area contributed by atoms with Gasteiger partial charge in [0.15, 0.2) is 0 Å². The van der Waals surface area contributed by atoms with Gasteiger partial charge >= 0.3 is 0 Å². The number of hydrogen-bond acceptors (Lipinski definition) is 3. The molecule has 0 aromatic carbocycles. The van der Waals surface area contributed by atoms with Gasteiger partial charge in [0.1, 0.15) is 0 Å². The summed E-state index contributed by atoms with van der Waals surface area (Å²) in [7, 11) is 0. The molecule has 106 valence electrons. The number of carbonyl (C=O) groups excluding carboxylic acids is 1. The van der Waals surface area contributed by atoms with Crippen molar-refractivity contribution in [2.24, 2.45) is 11.7 Å². The molecule has 0 saturated carbocycles. The summed E-state index contributed by atoms with van der Waals surface area (Å²) >= 11 is 0. The number of amides is 1. The third kappa shape index (κ3) is 4.94. The van der Waals surface area contributed by atoms with Crippen LogP contribution in [-0.2, 0) is 4.79 Å². The first kappa shape index (κ1) is 15.4. The Labute approximate surface area is 111 Å². The first-order chi connectivity index (χ1) is 8.32. The Morgan fingerprint density at radius 1 is 1.39 bits per heavy atom. The number of rotatable bonds is 4. The molecule has 3 N–H and O–H groups in total. The van der Waals surface area contributed by atoms with Crippen molar-refractivity contribution in [1.29, 1.82) is 0 Å². The van der Waals surface area contributed by atoms with Crippen LogP contribution in [0.4, 0.5) is 0 Å². The van der Waals surface area contributed by atoms with E-state index < -0.39 is 0 Å². The van der Waals surface area contributed by atoms with Gasteiger partial charge in [-0.2, -0.15) is 0 Å². The van der Waals surface area contributed by atoms with Gasteiger partial charge in [-0.05, 0) is 46.1 Å². The number of piperidine rings is 1. The first-order valence-corrected chi connectivity index (χ1v) is 7.07. The van der Waals surface area contributed by atoms with Gasteiger partial charge in [-0.15, -0.1) is 0 Å². The Morgan fingerprint density at radius 3 is 2.39 bits per heavy atom. The zero-order valence-corrected chi connectivity index (χ0v) is 12.3. The highest BCUT2D eigenvalue weighted by molar-refractivity contribution is 5.76. The predicted octanol–water partition coefficient (Wildman–Crippen LogP) is 1.35. The lowest BCUT2D eigenvalue weighted by Gasteiger charge is -2.41. The molecule has 1 atom stereocenters. The fraction of sp³-hybridized carbons (Fsp3) is 0.929. The maximum Gasteiger partial charge on any atom is 0.220 e. The zero-order valence-electron chi connectivity index (χ0n) is 12.3. The van der Waals surface area contributed by atoms with Gasteiger partial charge in [-0.3, -0.25) is 9.69 Å². The first-order valence-electron chi connectivity index (χ1n) is 7.07. The molecule has 1 amide bonds. The van der Waals surface area contributed by atoms with Crippen LogP contribution in [0.5, 0.6) is 0 Å². The van der Waals surface area contributed by atoms with Gasteiger partial charge in [-0.25, -0.2) is 0 Å². The van der Waals surface area contributed by atoms with E-state index in [4.69, 9.17) is 5.73 Å². The monoisotopic (exact) mass is 255 g/mol. The summed E-state index contributed by atoms with van der Waals surface area (Å²) in [5, 5.41) is 3.13. The van der Waals surface area contributed by atoms with E-state index in [0.717, 1.165) is 25.9 Å². The lowest BCUT2D eigenvalue weighted by molar-refractivity contribution is -0.122. The minimum Gasteiger partial charge on any atom is -0.353 e. The number of nitrogens with two attached hydrogens (primary N) is 1. The molecule has 1 unspecified atom stereocenters. The third-order valence-corrected chi connectivity index (χ3v) is 3.74. The summed E-state index contributed by atoms with van der Waals surface area (Å²) in [6, 6.07) is 0.348. The summed E-state index contributed by atoms with van der Waals surface area (Å²) in [4.78, 5) is 14.3. The minimum atomic E-state index is 0.155. The second kappa shape index (κ2) is 6.53. The molecule has 0 spiro atoms. The molecule has 0 aromatic rings. The summed E-state index contributed by atoms with van der Waals surface area (Å²) in [5.74, 6) is 0.432. The van der Waals surface area contributed by atoms with Gasteiger partial charge in [0.2, 0.25) is 5.91 Å². The number of nitrogens with zero attached hydrogens (tertiary/aromatic N) is 1. The molecule has 1 heterocycles. The highest BCUT2D eigenvalue weighted by Gasteiger charge is 2.27. The number of nitrogens with one attached hydrogen (secondary N) is 1. The Balaban J connectivity index is 2.29. The number of likely N-dealkylation sites (tertiary alicyclic amines) is 1. The van der Waals surface area contributed by atoms with Crippen molar-refractivity contribution >= 4 is 5.91 Å². The van der Waals surface area contributed by atoms with Gasteiger partial charge in [0, 0.05) is 31.1 Å². The molecule has 4 heteroatoms. The number of carbonyl (C=O) groups is 1. The molecular weight excluding hydrogens is 226 g/mol. The second-order valence-electron chi connectivity index (χ2n) is 6.54. The van der Waals surface area contributed by atoms with Gasteiger partial charge in [0.05, 0.1) is 0 Å². The average molecular weight is 255 g/mol. The molecule has 1 fully saturated rings. The van der Waals surface area contributed by atoms with Gasteiger partial charge in [-0.1, -0.05) is 6.92 Å². The quantitative estimate of drug-likeness (QED) is 0.797. The van der Waals surface area contributed by atoms with Crippen LogP contribution in [-0.4, -0.2) is 42.0 Å². The smallest absolute Gasteiger partial charge is 0.220 e. The predicted molar refractivity (Wildman–Crippen MR) is 75.3 cm³/mol. The second-order valence-corrected chi connectivity index (χ2v) is 6.54. The lowest BCUT2D eigenvalue weighted by atomic mass is 9.97. The maximum absolute atomic E-state index is 11.8. The van der Waals surface area contributed by atoms with Crippen LogP contribution in [0.25, 0.3) is 0 Å². The van der Waals surface area contributed by atoms with Crippen LogP contribution in [0.15, 0.2) is 0 Å². The molecular formula is C14H29N3O. The average Bonchev–Trinajstić information content (AvgIpc) is 2.28. The standard InChI is InChI=1S/C14H29N3O/c1-11(10-15)9-13(18)16-12-5-7-17(8-6-12)14(2,3)4/h11-12H,5-10,15H2,1-4H3,(H,16,18). The van der Waals surface area contributed by atoms with E-state index in [1.807, 2.05) is 6.92 Å². The lowest BCUT2D eigenvalue weighted by Crippen LogP contribution is -2.51. The van der Waals surface area contributed by atoms with Crippen LogP contribution < -0.4 is 11.1 Å². The largest absolute Gasteiger partial charge is 0.353 e.